The van der Waals surface area contributed by atoms with Crippen LogP contribution in [0.2, 0.25) is 0 Å². The summed E-state index contributed by atoms with van der Waals surface area (Å²) in [4.78, 5) is 4.94. The number of imidazole rings is 1. The van der Waals surface area contributed by atoms with Crippen molar-refractivity contribution < 1.29 is 24.1 Å². The Bertz CT molecular complexity index is 3410. The van der Waals surface area contributed by atoms with E-state index in [1.54, 1.807) is 0 Å². The van der Waals surface area contributed by atoms with Crippen molar-refractivity contribution in [2.75, 3.05) is 0 Å². The molecule has 3 aromatic heterocycles. The Kier molecular flexibility index (Phi) is 9.40. The summed E-state index contributed by atoms with van der Waals surface area (Å²) in [5.74, 6) is 2.44. The second-order valence-corrected chi connectivity index (χ2v) is 19.3. The third-order valence-corrected chi connectivity index (χ3v) is 14.3. The smallest absolute Gasteiger partial charge is 0.0558 e. The second kappa shape index (κ2) is 15.1. The zero-order valence-electron chi connectivity index (χ0n) is 36.2. The first-order valence-electron chi connectivity index (χ1n) is 21.8. The van der Waals surface area contributed by atoms with E-state index in [-0.39, 0.29) is 10.8 Å². The molecular weight excluding hydrogens is 952 g/mol. The van der Waals surface area contributed by atoms with Crippen LogP contribution < -0.4 is 4.74 Å². The van der Waals surface area contributed by atoms with Gasteiger partial charge in [0.05, 0.1) is 0 Å². The normalized spacial score (nSPS) is 14.3. The van der Waals surface area contributed by atoms with E-state index in [1.165, 1.54) is 61.7 Å². The average Bonchev–Trinajstić information content (AvgIpc) is 3.78. The van der Waals surface area contributed by atoms with Crippen molar-refractivity contribution >= 4 is 32.8 Å². The van der Waals surface area contributed by atoms with E-state index in [2.05, 4.69) is 238 Å². The summed E-state index contributed by atoms with van der Waals surface area (Å²) in [5.41, 5.74) is 15.5. The zero-order valence-corrected chi connectivity index (χ0v) is 38.4. The molecule has 3 heterocycles. The fraction of sp³-hybridized carbons (Fsp3) is 0.158. The summed E-state index contributed by atoms with van der Waals surface area (Å²) in [6, 6.07) is 60.9. The van der Waals surface area contributed by atoms with Gasteiger partial charge in [-0.05, 0) is 53.4 Å². The summed E-state index contributed by atoms with van der Waals surface area (Å²) in [6.07, 6.45) is 4.24. The zero-order chi connectivity index (χ0) is 43.0. The predicted molar refractivity (Wildman–Crippen MR) is 255 cm³/mol. The molecule has 0 unspecified atom stereocenters. The van der Waals surface area contributed by atoms with Gasteiger partial charge < -0.3 is 0 Å². The van der Waals surface area contributed by atoms with Gasteiger partial charge in [0.2, 0.25) is 0 Å². The first-order valence-corrected chi connectivity index (χ1v) is 23.0. The summed E-state index contributed by atoms with van der Waals surface area (Å²) < 4.78 is 15.0. The van der Waals surface area contributed by atoms with Crippen molar-refractivity contribution in [1.82, 2.24) is 18.7 Å². The molecule has 7 aromatic carbocycles. The van der Waals surface area contributed by atoms with E-state index in [0.29, 0.717) is 0 Å². The molecule has 0 aliphatic heterocycles. The van der Waals surface area contributed by atoms with Crippen molar-refractivity contribution in [2.45, 2.75) is 58.3 Å². The Morgan fingerprint density at radius 1 is 0.508 bits per heavy atom. The van der Waals surface area contributed by atoms with Gasteiger partial charge in [0, 0.05) is 6.20 Å². The third kappa shape index (κ3) is 6.64. The van der Waals surface area contributed by atoms with Crippen LogP contribution in [0.5, 0.6) is 11.5 Å². The fourth-order valence-corrected chi connectivity index (χ4v) is 11.0. The first-order chi connectivity index (χ1) is 30.6. The van der Waals surface area contributed by atoms with Crippen LogP contribution in [0.25, 0.3) is 72.3 Å². The van der Waals surface area contributed by atoms with Crippen molar-refractivity contribution in [3.8, 4) is 50.9 Å². The molecule has 0 fully saturated rings. The number of hydrogen-bond acceptors (Lipinski definition) is 2. The van der Waals surface area contributed by atoms with Crippen molar-refractivity contribution in [1.29, 1.82) is 0 Å². The SMILES string of the molecule is Cc1ccnc(-n2c3cc(Oc4cccc(-n5[c](=[Pt])n(-c6c(-c7ccccc7)cccc6-c6ccccc6)c6ccccc65)c4)ccc3c3cc4c(cc32)C(C)(C)CCC4(C)C)c1. The second-order valence-electron chi connectivity index (χ2n) is 18.3. The fourth-order valence-electron chi connectivity index (χ4n) is 9.89. The maximum atomic E-state index is 6.87. The molecule has 0 bridgehead atoms. The Hall–Kier alpha value is -6.55. The van der Waals surface area contributed by atoms with Gasteiger partial charge in [-0.1, -0.05) is 27.7 Å². The predicted octanol–water partition coefficient (Wildman–Crippen LogP) is 14.8. The minimum absolute atomic E-state index is 0.0806. The Labute approximate surface area is 379 Å². The van der Waals surface area contributed by atoms with Crippen molar-refractivity contribution in [3.63, 3.8) is 0 Å². The number of pyridine rings is 1. The molecule has 1 aliphatic rings. The number of aryl methyl sites for hydroxylation is 1. The Morgan fingerprint density at radius 2 is 1.10 bits per heavy atom. The van der Waals surface area contributed by atoms with Gasteiger partial charge >= 0.3 is 294 Å². The molecule has 6 heteroatoms. The van der Waals surface area contributed by atoms with Crippen LogP contribution in [0.4, 0.5) is 0 Å². The van der Waals surface area contributed by atoms with Gasteiger partial charge in [-0.25, -0.2) is 0 Å². The number of nitrogens with zero attached hydrogens (tertiary/aromatic N) is 4. The molecule has 11 rings (SSSR count). The van der Waals surface area contributed by atoms with Crippen LogP contribution in [-0.2, 0) is 30.2 Å². The molecule has 312 valence electrons. The quantitative estimate of drug-likeness (QED) is 0.160. The van der Waals surface area contributed by atoms with E-state index in [0.717, 1.165) is 55.5 Å². The van der Waals surface area contributed by atoms with E-state index < -0.39 is 0 Å². The van der Waals surface area contributed by atoms with Gasteiger partial charge in [0.25, 0.3) is 0 Å². The van der Waals surface area contributed by atoms with Crippen LogP contribution in [0.3, 0.4) is 0 Å². The van der Waals surface area contributed by atoms with Crippen LogP contribution in [0.15, 0.2) is 176 Å². The van der Waals surface area contributed by atoms with E-state index in [9.17, 15) is 0 Å². The molecule has 0 atom stereocenters. The number of ether oxygens (including phenoxy) is 1. The van der Waals surface area contributed by atoms with Crippen LogP contribution >= 0.6 is 0 Å². The van der Waals surface area contributed by atoms with E-state index in [4.69, 9.17) is 9.72 Å². The minimum atomic E-state index is 0.0806. The minimum Gasteiger partial charge on any atom is -0.0558 e. The number of aromatic nitrogens is 4. The van der Waals surface area contributed by atoms with Gasteiger partial charge in [0.15, 0.2) is 0 Å². The molecule has 63 heavy (non-hydrogen) atoms. The van der Waals surface area contributed by atoms with E-state index in [1.807, 2.05) is 6.20 Å². The standard InChI is InChI=1S/C57H48N4O.Pt/c1-38-28-31-58-54(32-38)61-52-34-43(26-27-46(52)47-35-48-49(36-53(47)61)57(4,5)30-29-56(48,2)3)62-42-21-14-20-41(33-42)59-37-60(51-25-13-12-24-50(51)59)55-44(39-16-8-6-9-17-39)22-15-23-45(55)40-18-10-7-11-19-40;/h6-28,31-36H,29-30H2,1-5H3;. The molecule has 10 aromatic rings. The summed E-state index contributed by atoms with van der Waals surface area (Å²) in [7, 11) is 0. The maximum absolute atomic E-state index is 6.87. The van der Waals surface area contributed by atoms with Crippen LogP contribution in [0.1, 0.15) is 57.2 Å². The average molecular weight is 1000 g/mol. The monoisotopic (exact) mass is 999 g/mol. The summed E-state index contributed by atoms with van der Waals surface area (Å²) in [5, 5.41) is 2.44. The summed E-state index contributed by atoms with van der Waals surface area (Å²) in [6.45, 7) is 11.7. The first kappa shape index (κ1) is 39.3. The van der Waals surface area contributed by atoms with Gasteiger partial charge in [0.1, 0.15) is 0 Å². The summed E-state index contributed by atoms with van der Waals surface area (Å²) >= 11 is 2.51. The molecule has 0 saturated carbocycles. The van der Waals surface area contributed by atoms with Crippen molar-refractivity contribution in [2.24, 2.45) is 0 Å². The van der Waals surface area contributed by atoms with Gasteiger partial charge in [-0.2, -0.15) is 0 Å². The molecule has 0 saturated heterocycles. The molecule has 0 spiro atoms. The Morgan fingerprint density at radius 3 is 1.76 bits per heavy atom. The number of benzene rings is 7. The molecule has 0 N–H and O–H groups in total. The molecule has 0 radical (unpaired) electrons. The Balaban J connectivity index is 1.06. The van der Waals surface area contributed by atoms with Gasteiger partial charge in [-0.15, -0.1) is 0 Å². The van der Waals surface area contributed by atoms with E-state index >= 15 is 0 Å². The van der Waals surface area contributed by atoms with Gasteiger partial charge in [-0.3, -0.25) is 0 Å². The number of hydrogen-bond donors (Lipinski definition) is 0. The molecule has 0 amide bonds. The number of para-hydroxylation sites is 3. The molecule has 5 nitrogen and oxygen atoms in total. The number of rotatable bonds is 7. The third-order valence-electron chi connectivity index (χ3n) is 13.3. The molecular formula is C57H48N4OPt. The molecule has 1 aliphatic carbocycles. The topological polar surface area (TPSA) is 36.9 Å². The van der Waals surface area contributed by atoms with Crippen LogP contribution in [-0.4, -0.2) is 18.7 Å². The number of fused-ring (bicyclic) bond motifs is 5. The van der Waals surface area contributed by atoms with Crippen molar-refractivity contribution in [3.05, 3.63) is 197 Å². The van der Waals surface area contributed by atoms with Crippen LogP contribution in [0, 0.1) is 10.7 Å².